The quantitative estimate of drug-likeness (QED) is 0.738. The lowest BCUT2D eigenvalue weighted by molar-refractivity contribution is -0.142. The van der Waals surface area contributed by atoms with Gasteiger partial charge in [0, 0.05) is 5.56 Å². The molecule has 4 nitrogen and oxygen atoms in total. The Morgan fingerprint density at radius 2 is 2.16 bits per heavy atom. The minimum Gasteiger partial charge on any atom is -0.496 e. The van der Waals surface area contributed by atoms with Gasteiger partial charge in [0.2, 0.25) is 0 Å². The van der Waals surface area contributed by atoms with Crippen molar-refractivity contribution < 1.29 is 14.3 Å². The van der Waals surface area contributed by atoms with Gasteiger partial charge in [0.05, 0.1) is 31.8 Å². The number of ether oxygens (including phenoxy) is 2. The summed E-state index contributed by atoms with van der Waals surface area (Å²) < 4.78 is 10.1. The summed E-state index contributed by atoms with van der Waals surface area (Å²) in [6.07, 6.45) is 2.60. The van der Waals surface area contributed by atoms with E-state index in [1.807, 2.05) is 0 Å². The summed E-state index contributed by atoms with van der Waals surface area (Å²) in [5.41, 5.74) is 1.24. The molecule has 1 aromatic carbocycles. The lowest BCUT2D eigenvalue weighted by Crippen LogP contribution is -2.15. The van der Waals surface area contributed by atoms with Crippen LogP contribution in [0.2, 0.25) is 0 Å². The number of carbonyl (C=O) groups excluding carboxylic acids is 1. The number of hydrogen-bond acceptors (Lipinski definition) is 4. The van der Waals surface area contributed by atoms with E-state index in [1.165, 1.54) is 7.11 Å². The maximum Gasteiger partial charge on any atom is 0.313 e. The van der Waals surface area contributed by atoms with Crippen molar-refractivity contribution in [1.82, 2.24) is 0 Å². The van der Waals surface area contributed by atoms with Crippen LogP contribution < -0.4 is 4.74 Å². The van der Waals surface area contributed by atoms with E-state index in [0.717, 1.165) is 18.4 Å². The molecule has 0 bridgehead atoms. The molecule has 0 aliphatic rings. The summed E-state index contributed by atoms with van der Waals surface area (Å²) in [4.78, 5) is 11.9. The van der Waals surface area contributed by atoms with Gasteiger partial charge >= 0.3 is 5.97 Å². The Labute approximate surface area is 113 Å². The molecule has 0 saturated carbocycles. The number of esters is 1. The number of nitriles is 1. The van der Waals surface area contributed by atoms with Crippen molar-refractivity contribution in [1.29, 1.82) is 5.26 Å². The second kappa shape index (κ2) is 7.42. The van der Waals surface area contributed by atoms with Crippen LogP contribution in [0.15, 0.2) is 18.2 Å². The van der Waals surface area contributed by atoms with Crippen molar-refractivity contribution in [2.24, 2.45) is 0 Å². The minimum absolute atomic E-state index is 0.290. The summed E-state index contributed by atoms with van der Waals surface area (Å²) in [6.45, 7) is 2.07. The molecule has 19 heavy (non-hydrogen) atoms. The van der Waals surface area contributed by atoms with Crippen molar-refractivity contribution in [3.8, 4) is 11.8 Å². The van der Waals surface area contributed by atoms with Crippen LogP contribution in [-0.2, 0) is 9.53 Å². The molecule has 0 N–H and O–H groups in total. The van der Waals surface area contributed by atoms with Crippen LogP contribution in [0.4, 0.5) is 0 Å². The zero-order chi connectivity index (χ0) is 14.3. The van der Waals surface area contributed by atoms with Crippen molar-refractivity contribution in [3.05, 3.63) is 29.3 Å². The Morgan fingerprint density at radius 3 is 2.68 bits per heavy atom. The third-order valence-corrected chi connectivity index (χ3v) is 3.07. The van der Waals surface area contributed by atoms with Gasteiger partial charge < -0.3 is 9.47 Å². The first-order valence-electron chi connectivity index (χ1n) is 6.33. The highest BCUT2D eigenvalue weighted by atomic mass is 16.5. The smallest absolute Gasteiger partial charge is 0.313 e. The Balaban J connectivity index is 3.19. The molecule has 0 fully saturated rings. The zero-order valence-electron chi connectivity index (χ0n) is 11.6. The molecule has 0 spiro atoms. The van der Waals surface area contributed by atoms with E-state index >= 15 is 0 Å². The van der Waals surface area contributed by atoms with E-state index in [-0.39, 0.29) is 11.9 Å². The van der Waals surface area contributed by atoms with E-state index in [4.69, 9.17) is 14.7 Å². The number of carbonyl (C=O) groups is 1. The van der Waals surface area contributed by atoms with Crippen LogP contribution in [0.3, 0.4) is 0 Å². The molecule has 102 valence electrons. The Bertz CT molecular complexity index is 477. The van der Waals surface area contributed by atoms with Crippen LogP contribution >= 0.6 is 0 Å². The van der Waals surface area contributed by atoms with Gasteiger partial charge in [-0.3, -0.25) is 4.79 Å². The summed E-state index contributed by atoms with van der Waals surface area (Å²) in [5.74, 6) is -0.0551. The molecular formula is C15H19NO3. The maximum absolute atomic E-state index is 11.9. The van der Waals surface area contributed by atoms with Gasteiger partial charge in [-0.2, -0.15) is 5.26 Å². The molecule has 0 amide bonds. The van der Waals surface area contributed by atoms with Crippen molar-refractivity contribution >= 4 is 5.97 Å². The zero-order valence-corrected chi connectivity index (χ0v) is 11.6. The third kappa shape index (κ3) is 3.72. The highest BCUT2D eigenvalue weighted by molar-refractivity contribution is 5.79. The molecule has 0 saturated heterocycles. The van der Waals surface area contributed by atoms with E-state index in [1.54, 1.807) is 25.3 Å². The summed E-state index contributed by atoms with van der Waals surface area (Å²) in [6, 6.07) is 7.18. The number of nitrogens with zero attached hydrogens (tertiary/aromatic N) is 1. The van der Waals surface area contributed by atoms with Gasteiger partial charge in [-0.15, -0.1) is 0 Å². The first kappa shape index (κ1) is 15.0. The average Bonchev–Trinajstić information content (AvgIpc) is 2.46. The molecule has 4 heteroatoms. The maximum atomic E-state index is 11.9. The lowest BCUT2D eigenvalue weighted by atomic mass is 9.91. The molecular weight excluding hydrogens is 242 g/mol. The Kier molecular flexibility index (Phi) is 5.87. The van der Waals surface area contributed by atoms with Gasteiger partial charge in [-0.1, -0.05) is 19.8 Å². The van der Waals surface area contributed by atoms with Crippen LogP contribution in [0.5, 0.6) is 5.75 Å². The largest absolute Gasteiger partial charge is 0.496 e. The SMILES string of the molecule is CCCCC(C(=O)OC)c1cc(C#N)ccc1OC. The molecule has 0 aliphatic carbocycles. The minimum atomic E-state index is -0.381. The van der Waals surface area contributed by atoms with E-state index < -0.39 is 0 Å². The van der Waals surface area contributed by atoms with E-state index in [2.05, 4.69) is 13.0 Å². The summed E-state index contributed by atoms with van der Waals surface area (Å²) in [7, 11) is 2.93. The number of rotatable bonds is 6. The predicted molar refractivity (Wildman–Crippen MR) is 72.0 cm³/mol. The number of unbranched alkanes of at least 4 members (excludes halogenated alkanes) is 1. The molecule has 0 aliphatic heterocycles. The Hall–Kier alpha value is -2.02. The molecule has 0 radical (unpaired) electrons. The normalized spacial score (nSPS) is 11.5. The fourth-order valence-electron chi connectivity index (χ4n) is 2.03. The van der Waals surface area contributed by atoms with Crippen LogP contribution in [0, 0.1) is 11.3 Å². The highest BCUT2D eigenvalue weighted by Crippen LogP contribution is 2.32. The highest BCUT2D eigenvalue weighted by Gasteiger charge is 2.24. The van der Waals surface area contributed by atoms with Crippen molar-refractivity contribution in [2.75, 3.05) is 14.2 Å². The predicted octanol–water partition coefficient (Wildman–Crippen LogP) is 3.01. The van der Waals surface area contributed by atoms with Crippen LogP contribution in [0.25, 0.3) is 0 Å². The summed E-state index contributed by atoms with van der Waals surface area (Å²) in [5, 5.41) is 8.97. The number of methoxy groups -OCH3 is 2. The van der Waals surface area contributed by atoms with Crippen molar-refractivity contribution in [3.63, 3.8) is 0 Å². The van der Waals surface area contributed by atoms with Gasteiger partial charge in [0.1, 0.15) is 5.75 Å². The monoisotopic (exact) mass is 261 g/mol. The van der Waals surface area contributed by atoms with Gasteiger partial charge in [0.25, 0.3) is 0 Å². The van der Waals surface area contributed by atoms with E-state index in [9.17, 15) is 4.79 Å². The summed E-state index contributed by atoms with van der Waals surface area (Å²) >= 11 is 0. The van der Waals surface area contributed by atoms with E-state index in [0.29, 0.717) is 17.7 Å². The second-order valence-electron chi connectivity index (χ2n) is 4.29. The first-order chi connectivity index (χ1) is 9.17. The average molecular weight is 261 g/mol. The molecule has 0 heterocycles. The molecule has 1 rings (SSSR count). The first-order valence-corrected chi connectivity index (χ1v) is 6.33. The van der Waals surface area contributed by atoms with Crippen LogP contribution in [-0.4, -0.2) is 20.2 Å². The standard InChI is InChI=1S/C15H19NO3/c1-4-5-6-12(15(17)19-3)13-9-11(10-16)7-8-14(13)18-2/h7-9,12H,4-6H2,1-3H3. The molecule has 1 unspecified atom stereocenters. The fourth-order valence-corrected chi connectivity index (χ4v) is 2.03. The third-order valence-electron chi connectivity index (χ3n) is 3.07. The van der Waals surface area contributed by atoms with Crippen LogP contribution in [0.1, 0.15) is 43.2 Å². The number of hydrogen-bond donors (Lipinski definition) is 0. The molecule has 0 aromatic heterocycles. The lowest BCUT2D eigenvalue weighted by Gasteiger charge is -2.17. The second-order valence-corrected chi connectivity index (χ2v) is 4.29. The van der Waals surface area contributed by atoms with Crippen molar-refractivity contribution in [2.45, 2.75) is 32.1 Å². The number of benzene rings is 1. The molecule has 1 atom stereocenters. The van der Waals surface area contributed by atoms with Gasteiger partial charge in [-0.05, 0) is 24.6 Å². The van der Waals surface area contributed by atoms with Gasteiger partial charge in [-0.25, -0.2) is 0 Å². The Morgan fingerprint density at radius 1 is 1.42 bits per heavy atom. The topological polar surface area (TPSA) is 59.3 Å². The fraction of sp³-hybridized carbons (Fsp3) is 0.467. The molecule has 1 aromatic rings. The van der Waals surface area contributed by atoms with Gasteiger partial charge in [0.15, 0.2) is 0 Å².